The molecule has 0 aromatic heterocycles. The van der Waals surface area contributed by atoms with Gasteiger partial charge in [0, 0.05) is 30.7 Å². The number of rotatable bonds is 5. The van der Waals surface area contributed by atoms with E-state index in [0.29, 0.717) is 17.7 Å². The molecule has 2 N–H and O–H groups in total. The zero-order chi connectivity index (χ0) is 17.2. The van der Waals surface area contributed by atoms with Crippen LogP contribution in [-0.2, 0) is 9.53 Å². The summed E-state index contributed by atoms with van der Waals surface area (Å²) in [5, 5.41) is 5.73. The second-order valence-electron chi connectivity index (χ2n) is 7.37. The maximum Gasteiger partial charge on any atom is 0.251 e. The molecule has 1 aromatic carbocycles. The van der Waals surface area contributed by atoms with Crippen LogP contribution in [0.4, 0.5) is 0 Å². The lowest BCUT2D eigenvalue weighted by Crippen LogP contribution is -2.47. The fourth-order valence-electron chi connectivity index (χ4n) is 3.89. The zero-order valence-electron chi connectivity index (χ0n) is 14.3. The van der Waals surface area contributed by atoms with E-state index in [1.807, 2.05) is 6.07 Å². The Hall–Kier alpha value is -1.92. The lowest BCUT2D eigenvalue weighted by Gasteiger charge is -2.35. The van der Waals surface area contributed by atoms with E-state index >= 15 is 0 Å². The number of benzene rings is 1. The Labute approximate surface area is 147 Å². The molecule has 25 heavy (non-hydrogen) atoms. The highest BCUT2D eigenvalue weighted by Crippen LogP contribution is 2.37. The summed E-state index contributed by atoms with van der Waals surface area (Å²) in [6.07, 6.45) is 3.90. The molecule has 2 aliphatic heterocycles. The predicted molar refractivity (Wildman–Crippen MR) is 93.1 cm³/mol. The Balaban J connectivity index is 1.21. The molecule has 2 saturated heterocycles. The Morgan fingerprint density at radius 1 is 1.16 bits per heavy atom. The Kier molecular flexibility index (Phi) is 4.72. The molecule has 3 fully saturated rings. The van der Waals surface area contributed by atoms with Crippen molar-refractivity contribution in [3.05, 3.63) is 35.9 Å². The highest BCUT2D eigenvalue weighted by molar-refractivity contribution is 5.96. The Morgan fingerprint density at radius 3 is 2.72 bits per heavy atom. The van der Waals surface area contributed by atoms with Gasteiger partial charge in [-0.15, -0.1) is 0 Å². The highest BCUT2D eigenvalue weighted by Gasteiger charge is 2.42. The van der Waals surface area contributed by atoms with Crippen LogP contribution >= 0.6 is 0 Å². The van der Waals surface area contributed by atoms with Gasteiger partial charge in [0.15, 0.2) is 0 Å². The fourth-order valence-corrected chi connectivity index (χ4v) is 3.89. The molecule has 1 aromatic rings. The minimum absolute atomic E-state index is 0.0100. The number of carbonyl (C=O) groups excluding carboxylic acids is 2. The summed E-state index contributed by atoms with van der Waals surface area (Å²) in [6, 6.07) is 9.50. The quantitative estimate of drug-likeness (QED) is 0.829. The van der Waals surface area contributed by atoms with Gasteiger partial charge < -0.3 is 15.4 Å². The maximum absolute atomic E-state index is 12.1. The van der Waals surface area contributed by atoms with Crippen LogP contribution in [0.3, 0.4) is 0 Å². The van der Waals surface area contributed by atoms with Crippen LogP contribution in [0.5, 0.6) is 0 Å². The van der Waals surface area contributed by atoms with Crippen molar-refractivity contribution in [2.75, 3.05) is 26.2 Å². The number of nitrogens with zero attached hydrogens (tertiary/aromatic N) is 1. The Bertz CT molecular complexity index is 632. The molecule has 3 atom stereocenters. The van der Waals surface area contributed by atoms with E-state index < -0.39 is 0 Å². The van der Waals surface area contributed by atoms with E-state index in [2.05, 4.69) is 15.5 Å². The average Bonchev–Trinajstić information content (AvgIpc) is 3.40. The van der Waals surface area contributed by atoms with Crippen LogP contribution in [0.25, 0.3) is 0 Å². The molecule has 0 spiro atoms. The van der Waals surface area contributed by atoms with Crippen molar-refractivity contribution in [2.24, 2.45) is 5.92 Å². The summed E-state index contributed by atoms with van der Waals surface area (Å²) in [6.45, 7) is 2.66. The molecule has 0 unspecified atom stereocenters. The number of fused-ring (bicyclic) bond motifs is 1. The first kappa shape index (κ1) is 16.5. The van der Waals surface area contributed by atoms with E-state index in [9.17, 15) is 9.59 Å². The summed E-state index contributed by atoms with van der Waals surface area (Å²) in [5.74, 6) is 0.400. The van der Waals surface area contributed by atoms with E-state index in [4.69, 9.17) is 4.74 Å². The van der Waals surface area contributed by atoms with Gasteiger partial charge in [-0.2, -0.15) is 0 Å². The minimum Gasteiger partial charge on any atom is -0.375 e. The van der Waals surface area contributed by atoms with Gasteiger partial charge in [-0.25, -0.2) is 0 Å². The van der Waals surface area contributed by atoms with Gasteiger partial charge in [-0.3, -0.25) is 14.5 Å². The van der Waals surface area contributed by atoms with Crippen molar-refractivity contribution in [1.82, 2.24) is 15.5 Å². The second-order valence-corrected chi connectivity index (χ2v) is 7.37. The van der Waals surface area contributed by atoms with Crippen molar-refractivity contribution in [3.8, 4) is 0 Å². The predicted octanol–water partition coefficient (Wildman–Crippen LogP) is 0.784. The van der Waals surface area contributed by atoms with Gasteiger partial charge in [0.05, 0.1) is 19.3 Å². The summed E-state index contributed by atoms with van der Waals surface area (Å²) >= 11 is 0. The third kappa shape index (κ3) is 4.02. The smallest absolute Gasteiger partial charge is 0.251 e. The van der Waals surface area contributed by atoms with E-state index in [-0.39, 0.29) is 24.4 Å². The van der Waals surface area contributed by atoms with E-state index in [1.165, 1.54) is 12.8 Å². The first-order valence-electron chi connectivity index (χ1n) is 9.17. The molecule has 0 radical (unpaired) electrons. The van der Waals surface area contributed by atoms with Gasteiger partial charge >= 0.3 is 0 Å². The van der Waals surface area contributed by atoms with Crippen LogP contribution in [0.2, 0.25) is 0 Å². The molecule has 134 valence electrons. The second kappa shape index (κ2) is 7.14. The largest absolute Gasteiger partial charge is 0.375 e. The highest BCUT2D eigenvalue weighted by atomic mass is 16.5. The molecule has 3 aliphatic rings. The van der Waals surface area contributed by atoms with Crippen LogP contribution in [-0.4, -0.2) is 61.1 Å². The maximum atomic E-state index is 12.1. The molecule has 1 aliphatic carbocycles. The van der Waals surface area contributed by atoms with Crippen molar-refractivity contribution >= 4 is 11.8 Å². The summed E-state index contributed by atoms with van der Waals surface area (Å²) in [7, 11) is 0. The van der Waals surface area contributed by atoms with Gasteiger partial charge in [-0.05, 0) is 37.3 Å². The fraction of sp³-hybridized carbons (Fsp3) is 0.579. The number of hydrogen-bond donors (Lipinski definition) is 2. The normalized spacial score (nSPS) is 29.0. The SMILES string of the molecule is O=C(CNC(=O)c1ccccc1)N[C@H]1C[C@H]2CO[C@H](C3CC3)CN2C1. The third-order valence-corrected chi connectivity index (χ3v) is 5.40. The van der Waals surface area contributed by atoms with Crippen molar-refractivity contribution in [1.29, 1.82) is 0 Å². The first-order chi connectivity index (χ1) is 12.2. The van der Waals surface area contributed by atoms with Crippen LogP contribution in [0, 0.1) is 5.92 Å². The number of amides is 2. The molecule has 6 nitrogen and oxygen atoms in total. The van der Waals surface area contributed by atoms with Crippen LogP contribution in [0.1, 0.15) is 29.6 Å². The summed E-state index contributed by atoms with van der Waals surface area (Å²) in [5.41, 5.74) is 0.566. The molecule has 1 saturated carbocycles. The summed E-state index contributed by atoms with van der Waals surface area (Å²) < 4.78 is 5.99. The third-order valence-electron chi connectivity index (χ3n) is 5.40. The topological polar surface area (TPSA) is 70.7 Å². The number of morpholine rings is 1. The molecule has 2 amide bonds. The van der Waals surface area contributed by atoms with Crippen LogP contribution < -0.4 is 10.6 Å². The van der Waals surface area contributed by atoms with Crippen molar-refractivity contribution < 1.29 is 14.3 Å². The van der Waals surface area contributed by atoms with Gasteiger partial charge in [0.25, 0.3) is 5.91 Å². The number of hydrogen-bond acceptors (Lipinski definition) is 4. The van der Waals surface area contributed by atoms with Crippen molar-refractivity contribution in [3.63, 3.8) is 0 Å². The zero-order valence-corrected chi connectivity index (χ0v) is 14.3. The van der Waals surface area contributed by atoms with Gasteiger partial charge in [-0.1, -0.05) is 18.2 Å². The number of nitrogens with one attached hydrogen (secondary N) is 2. The van der Waals surface area contributed by atoms with Gasteiger partial charge in [0.2, 0.25) is 5.91 Å². The lowest BCUT2D eigenvalue weighted by atomic mass is 10.1. The standard InChI is InChI=1S/C19H25N3O3/c23-18(9-20-19(24)14-4-2-1-3-5-14)21-15-8-16-12-25-17(13-6-7-13)11-22(16)10-15/h1-5,13,15-17H,6-12H2,(H,20,24)(H,21,23)/t15-,16-,17-/m0/s1. The molecule has 2 heterocycles. The van der Waals surface area contributed by atoms with Gasteiger partial charge in [0.1, 0.15) is 0 Å². The lowest BCUT2D eigenvalue weighted by molar-refractivity contribution is -0.120. The molecule has 6 heteroatoms. The minimum atomic E-state index is -0.222. The summed E-state index contributed by atoms with van der Waals surface area (Å²) in [4.78, 5) is 26.6. The monoisotopic (exact) mass is 343 g/mol. The van der Waals surface area contributed by atoms with E-state index in [1.54, 1.807) is 24.3 Å². The van der Waals surface area contributed by atoms with Crippen molar-refractivity contribution in [2.45, 2.75) is 37.5 Å². The molecule has 0 bridgehead atoms. The first-order valence-corrected chi connectivity index (χ1v) is 9.17. The van der Waals surface area contributed by atoms with Crippen LogP contribution in [0.15, 0.2) is 30.3 Å². The molecular weight excluding hydrogens is 318 g/mol. The number of ether oxygens (including phenoxy) is 1. The Morgan fingerprint density at radius 2 is 1.96 bits per heavy atom. The molecule has 4 rings (SSSR count). The molecular formula is C19H25N3O3. The average molecular weight is 343 g/mol. The number of carbonyl (C=O) groups is 2. The van der Waals surface area contributed by atoms with E-state index in [0.717, 1.165) is 32.0 Å².